The Morgan fingerprint density at radius 2 is 1.70 bits per heavy atom. The molecule has 0 fully saturated rings. The number of Topliss-reactive ketones (excluding diaryl/α,β-unsaturated/α-hetero) is 1. The quantitative estimate of drug-likeness (QED) is 0.561. The van der Waals surface area contributed by atoms with Crippen molar-refractivity contribution in [2.24, 2.45) is 0 Å². The van der Waals surface area contributed by atoms with Crippen molar-refractivity contribution in [3.63, 3.8) is 0 Å². The van der Waals surface area contributed by atoms with Crippen molar-refractivity contribution >= 4 is 5.78 Å². The lowest BCUT2D eigenvalue weighted by atomic mass is 10.1. The van der Waals surface area contributed by atoms with E-state index in [0.717, 1.165) is 12.1 Å². The number of benzene rings is 1. The Labute approximate surface area is 124 Å². The number of carbonyl (C=O) groups excluding carboxylic acids is 1. The predicted octanol–water partition coefficient (Wildman–Crippen LogP) is -0.120. The van der Waals surface area contributed by atoms with E-state index in [0.29, 0.717) is 0 Å². The summed E-state index contributed by atoms with van der Waals surface area (Å²) in [4.78, 5) is 11.9. The number of hydrogen-bond acceptors (Lipinski definition) is 1. The highest BCUT2D eigenvalue weighted by Gasteiger charge is 2.31. The van der Waals surface area contributed by atoms with Crippen molar-refractivity contribution in [2.75, 3.05) is 0 Å². The van der Waals surface area contributed by atoms with Gasteiger partial charge in [0.2, 0.25) is 12.3 Å². The van der Waals surface area contributed by atoms with Crippen LogP contribution in [-0.2, 0) is 12.7 Å². The molecule has 106 valence electrons. The van der Waals surface area contributed by atoms with Crippen LogP contribution in [0.15, 0.2) is 54.9 Å². The van der Waals surface area contributed by atoms with E-state index < -0.39 is 11.7 Å². The van der Waals surface area contributed by atoms with Gasteiger partial charge in [-0.15, -0.1) is 0 Å². The average Bonchev–Trinajstić information content (AvgIpc) is 2.39. The number of rotatable bonds is 3. The zero-order chi connectivity index (χ0) is 13.9. The van der Waals surface area contributed by atoms with Crippen LogP contribution in [0.5, 0.6) is 0 Å². The van der Waals surface area contributed by atoms with E-state index in [1.807, 2.05) is 0 Å². The zero-order valence-corrected chi connectivity index (χ0v) is 11.9. The molecule has 0 saturated carbocycles. The minimum atomic E-state index is -4.43. The maximum Gasteiger partial charge on any atom is 0.416 e. The van der Waals surface area contributed by atoms with Crippen LogP contribution in [0, 0.1) is 0 Å². The average molecular weight is 346 g/mol. The third kappa shape index (κ3) is 4.16. The molecule has 0 spiro atoms. The van der Waals surface area contributed by atoms with Gasteiger partial charge in [0.25, 0.3) is 0 Å². The Morgan fingerprint density at radius 3 is 2.30 bits per heavy atom. The Bertz CT molecular complexity index is 584. The summed E-state index contributed by atoms with van der Waals surface area (Å²) in [6.45, 7) is 0.0160. The normalized spacial score (nSPS) is 10.8. The minimum absolute atomic E-state index is 0. The first-order chi connectivity index (χ1) is 8.97. The molecule has 1 heterocycles. The number of halogens is 4. The molecule has 2 nitrogen and oxygen atoms in total. The fraction of sp³-hybridized carbons (Fsp3) is 0.143. The third-order valence-corrected chi connectivity index (χ3v) is 2.62. The number of alkyl halides is 3. The topological polar surface area (TPSA) is 20.9 Å². The standard InChI is InChI=1S/C14H11F3NO.BrH/c15-14(16,17)12-6-4-5-11(9-12)13(19)10-18-7-2-1-3-8-18;/h1-9H,10H2;1H/q+1;/p-1. The zero-order valence-electron chi connectivity index (χ0n) is 10.3. The van der Waals surface area contributed by atoms with Gasteiger partial charge in [-0.2, -0.15) is 17.7 Å². The summed E-state index contributed by atoms with van der Waals surface area (Å²) in [5.41, 5.74) is -0.748. The van der Waals surface area contributed by atoms with E-state index in [1.54, 1.807) is 35.2 Å². The summed E-state index contributed by atoms with van der Waals surface area (Å²) >= 11 is 0. The molecule has 0 aliphatic rings. The van der Waals surface area contributed by atoms with Gasteiger partial charge in [-0.05, 0) is 12.1 Å². The Balaban J connectivity index is 0.00000200. The molecule has 0 amide bonds. The molecular weight excluding hydrogens is 335 g/mol. The second-order valence-electron chi connectivity index (χ2n) is 4.05. The predicted molar refractivity (Wildman–Crippen MR) is 62.4 cm³/mol. The number of hydrogen-bond donors (Lipinski definition) is 0. The van der Waals surface area contributed by atoms with Crippen molar-refractivity contribution in [2.45, 2.75) is 12.7 Å². The van der Waals surface area contributed by atoms with Crippen LogP contribution in [0.25, 0.3) is 0 Å². The van der Waals surface area contributed by atoms with Gasteiger partial charge in [-0.3, -0.25) is 4.79 Å². The molecule has 1 aromatic heterocycles. The minimum Gasteiger partial charge on any atom is -1.00 e. The van der Waals surface area contributed by atoms with Gasteiger partial charge in [0.05, 0.1) is 5.56 Å². The molecule has 6 heteroatoms. The maximum absolute atomic E-state index is 12.5. The number of aromatic nitrogens is 1. The number of pyridine rings is 1. The highest BCUT2D eigenvalue weighted by Crippen LogP contribution is 2.29. The SMILES string of the molecule is O=C(C[n+]1ccccc1)c1cccc(C(F)(F)F)c1.[Br-]. The van der Waals surface area contributed by atoms with Crippen molar-refractivity contribution in [1.29, 1.82) is 0 Å². The second-order valence-corrected chi connectivity index (χ2v) is 4.05. The molecule has 20 heavy (non-hydrogen) atoms. The maximum atomic E-state index is 12.5. The van der Waals surface area contributed by atoms with E-state index in [2.05, 4.69) is 0 Å². The lowest BCUT2D eigenvalue weighted by Crippen LogP contribution is -3.00. The Kier molecular flexibility index (Phi) is 5.44. The van der Waals surface area contributed by atoms with Gasteiger partial charge in [0, 0.05) is 17.7 Å². The van der Waals surface area contributed by atoms with Crippen LogP contribution in [0.3, 0.4) is 0 Å². The second kappa shape index (κ2) is 6.65. The smallest absolute Gasteiger partial charge is 0.416 e. The molecule has 1 aromatic carbocycles. The summed E-state index contributed by atoms with van der Waals surface area (Å²) in [6.07, 6.45) is -1.06. The first-order valence-corrected chi connectivity index (χ1v) is 5.61. The van der Waals surface area contributed by atoms with E-state index in [9.17, 15) is 18.0 Å². The first-order valence-electron chi connectivity index (χ1n) is 5.61. The molecular formula is C14H11BrF3NO. The molecule has 0 N–H and O–H groups in total. The summed E-state index contributed by atoms with van der Waals surface area (Å²) in [5, 5.41) is 0. The van der Waals surface area contributed by atoms with E-state index >= 15 is 0 Å². The fourth-order valence-corrected chi connectivity index (χ4v) is 1.67. The van der Waals surface area contributed by atoms with Crippen LogP contribution >= 0.6 is 0 Å². The molecule has 0 saturated heterocycles. The largest absolute Gasteiger partial charge is 1.00 e. The number of nitrogens with zero attached hydrogens (tertiary/aromatic N) is 1. The molecule has 0 aliphatic heterocycles. The van der Waals surface area contributed by atoms with Crippen LogP contribution in [0.2, 0.25) is 0 Å². The van der Waals surface area contributed by atoms with Crippen molar-refractivity contribution in [3.8, 4) is 0 Å². The van der Waals surface area contributed by atoms with Gasteiger partial charge in [0.1, 0.15) is 0 Å². The van der Waals surface area contributed by atoms with Crippen LogP contribution in [-0.4, -0.2) is 5.78 Å². The van der Waals surface area contributed by atoms with Gasteiger partial charge < -0.3 is 17.0 Å². The summed E-state index contributed by atoms with van der Waals surface area (Å²) in [5.74, 6) is -0.359. The van der Waals surface area contributed by atoms with Crippen molar-refractivity contribution in [1.82, 2.24) is 0 Å². The van der Waals surface area contributed by atoms with E-state index in [1.165, 1.54) is 12.1 Å². The van der Waals surface area contributed by atoms with E-state index in [-0.39, 0.29) is 34.9 Å². The molecule has 2 aromatic rings. The summed E-state index contributed by atoms with van der Waals surface area (Å²) < 4.78 is 39.2. The van der Waals surface area contributed by atoms with Gasteiger partial charge in [-0.25, -0.2) is 0 Å². The summed E-state index contributed by atoms with van der Waals surface area (Å²) in [6, 6.07) is 9.76. The molecule has 2 rings (SSSR count). The van der Waals surface area contributed by atoms with Gasteiger partial charge in [0.15, 0.2) is 12.4 Å². The van der Waals surface area contributed by atoms with Crippen molar-refractivity contribution in [3.05, 3.63) is 66.0 Å². The van der Waals surface area contributed by atoms with Crippen LogP contribution < -0.4 is 21.5 Å². The van der Waals surface area contributed by atoms with Crippen molar-refractivity contribution < 1.29 is 39.5 Å². The lowest BCUT2D eigenvalue weighted by Gasteiger charge is -2.07. The Hall–Kier alpha value is -1.69. The molecule has 0 bridgehead atoms. The molecule has 0 unspecified atom stereocenters. The van der Waals surface area contributed by atoms with E-state index in [4.69, 9.17) is 0 Å². The Morgan fingerprint density at radius 1 is 1.05 bits per heavy atom. The molecule has 0 radical (unpaired) electrons. The van der Waals surface area contributed by atoms with Gasteiger partial charge in [-0.1, -0.05) is 18.2 Å². The molecule has 0 aliphatic carbocycles. The van der Waals surface area contributed by atoms with Gasteiger partial charge >= 0.3 is 6.18 Å². The number of carbonyl (C=O) groups is 1. The highest BCUT2D eigenvalue weighted by atomic mass is 79.9. The highest BCUT2D eigenvalue weighted by molar-refractivity contribution is 5.95. The third-order valence-electron chi connectivity index (χ3n) is 2.62. The van der Waals surface area contributed by atoms with Crippen LogP contribution in [0.4, 0.5) is 13.2 Å². The lowest BCUT2D eigenvalue weighted by molar-refractivity contribution is -0.683. The van der Waals surface area contributed by atoms with Crippen LogP contribution in [0.1, 0.15) is 15.9 Å². The fourth-order valence-electron chi connectivity index (χ4n) is 1.67. The molecule has 0 atom stereocenters. The monoisotopic (exact) mass is 345 g/mol. The first kappa shape index (κ1) is 16.4. The summed E-state index contributed by atoms with van der Waals surface area (Å²) in [7, 11) is 0. The number of ketones is 1.